The van der Waals surface area contributed by atoms with Gasteiger partial charge >= 0.3 is 0 Å². The summed E-state index contributed by atoms with van der Waals surface area (Å²) in [6.07, 6.45) is 9.20. The Bertz CT molecular complexity index is 1370. The first-order chi connectivity index (χ1) is 19.6. The summed E-state index contributed by atoms with van der Waals surface area (Å²) in [4.78, 5) is 28.0. The van der Waals surface area contributed by atoms with Crippen molar-refractivity contribution in [2.24, 2.45) is 5.92 Å². The Morgan fingerprint density at radius 2 is 1.88 bits per heavy atom. The second-order valence-electron chi connectivity index (χ2n) is 11.4. The van der Waals surface area contributed by atoms with Crippen molar-refractivity contribution in [3.05, 3.63) is 42.7 Å². The summed E-state index contributed by atoms with van der Waals surface area (Å²) in [7, 11) is 0. The van der Waals surface area contributed by atoms with Gasteiger partial charge in [0.05, 0.1) is 17.7 Å². The second kappa shape index (κ2) is 11.8. The first-order valence-corrected chi connectivity index (χ1v) is 14.6. The monoisotopic (exact) mass is 542 g/mol. The summed E-state index contributed by atoms with van der Waals surface area (Å²) < 4.78 is 2.11. The highest BCUT2D eigenvalue weighted by molar-refractivity contribution is 5.94. The van der Waals surface area contributed by atoms with Gasteiger partial charge in [0.2, 0.25) is 11.9 Å². The van der Waals surface area contributed by atoms with Crippen LogP contribution in [-0.2, 0) is 4.79 Å². The predicted octanol–water partition coefficient (Wildman–Crippen LogP) is 3.02. The minimum absolute atomic E-state index is 0.0556. The summed E-state index contributed by atoms with van der Waals surface area (Å²) in [6.45, 7) is 5.69. The standard InChI is InChI=1S/C30H38N8O2/c31-12-8-29(40)37-18-16-36(17-19-37)26-2-1-3-27-25(26)11-15-38(27)28-9-13-32-30(34-28)33-23-6-4-22(5-7-23)20-35-14-10-24(39)21-35/h1-3,9,11,13,15,22-24,39H,4-8,10,14,16-21H2,(H,32,33,34)/t22?,23?,24-/m1/s1. The number of aliphatic hydroxyl groups is 1. The fourth-order valence-electron chi connectivity index (χ4n) is 6.57. The number of benzene rings is 1. The van der Waals surface area contributed by atoms with E-state index in [1.165, 1.54) is 12.8 Å². The Morgan fingerprint density at radius 3 is 2.62 bits per heavy atom. The molecule has 0 spiro atoms. The van der Waals surface area contributed by atoms with Crippen molar-refractivity contribution in [1.29, 1.82) is 5.26 Å². The number of nitrogens with zero attached hydrogens (tertiary/aromatic N) is 7. The van der Waals surface area contributed by atoms with E-state index >= 15 is 0 Å². The molecule has 1 atom stereocenters. The van der Waals surface area contributed by atoms with Crippen LogP contribution in [0.3, 0.4) is 0 Å². The Hall–Kier alpha value is -3.68. The molecule has 2 aromatic heterocycles. The van der Waals surface area contributed by atoms with Crippen LogP contribution in [0.25, 0.3) is 16.7 Å². The van der Waals surface area contributed by atoms with E-state index in [0.717, 1.165) is 74.4 Å². The fraction of sp³-hybridized carbons (Fsp3) is 0.533. The number of piperazine rings is 1. The van der Waals surface area contributed by atoms with Gasteiger partial charge in [-0.15, -0.1) is 0 Å². The first kappa shape index (κ1) is 26.5. The van der Waals surface area contributed by atoms with Crippen LogP contribution in [0.15, 0.2) is 42.7 Å². The number of aromatic nitrogens is 3. The van der Waals surface area contributed by atoms with Crippen molar-refractivity contribution in [3.8, 4) is 11.9 Å². The number of amides is 1. The normalized spacial score (nSPS) is 23.9. The van der Waals surface area contributed by atoms with Crippen molar-refractivity contribution in [3.63, 3.8) is 0 Å². The molecule has 4 heterocycles. The molecule has 10 heteroatoms. The molecule has 1 amide bonds. The maximum Gasteiger partial charge on any atom is 0.236 e. The lowest BCUT2D eigenvalue weighted by Crippen LogP contribution is -2.48. The van der Waals surface area contributed by atoms with Gasteiger partial charge in [0, 0.05) is 75.3 Å². The van der Waals surface area contributed by atoms with E-state index in [2.05, 4.69) is 55.1 Å². The van der Waals surface area contributed by atoms with Crippen molar-refractivity contribution in [2.75, 3.05) is 56.0 Å². The number of hydrogen-bond acceptors (Lipinski definition) is 8. The highest BCUT2D eigenvalue weighted by Crippen LogP contribution is 2.31. The number of carbonyl (C=O) groups is 1. The van der Waals surface area contributed by atoms with Gasteiger partial charge in [-0.2, -0.15) is 10.2 Å². The van der Waals surface area contributed by atoms with Crippen LogP contribution < -0.4 is 10.2 Å². The van der Waals surface area contributed by atoms with Crippen LogP contribution >= 0.6 is 0 Å². The van der Waals surface area contributed by atoms with Crippen LogP contribution in [0.5, 0.6) is 0 Å². The predicted molar refractivity (Wildman–Crippen MR) is 154 cm³/mol. The van der Waals surface area contributed by atoms with Gasteiger partial charge in [-0.25, -0.2) is 4.98 Å². The van der Waals surface area contributed by atoms with Crippen molar-refractivity contribution < 1.29 is 9.90 Å². The number of fused-ring (bicyclic) bond motifs is 1. The van der Waals surface area contributed by atoms with Crippen LogP contribution in [0.2, 0.25) is 0 Å². The molecule has 1 aliphatic carbocycles. The smallest absolute Gasteiger partial charge is 0.236 e. The van der Waals surface area contributed by atoms with Gasteiger partial charge < -0.3 is 29.7 Å². The van der Waals surface area contributed by atoms with E-state index in [1.807, 2.05) is 18.3 Å². The van der Waals surface area contributed by atoms with Crippen LogP contribution in [-0.4, -0.2) is 93.3 Å². The van der Waals surface area contributed by atoms with Crippen molar-refractivity contribution in [2.45, 2.75) is 50.7 Å². The first-order valence-electron chi connectivity index (χ1n) is 14.6. The Labute approximate surface area is 235 Å². The molecular formula is C30H38N8O2. The van der Waals surface area contributed by atoms with Gasteiger partial charge in [0.1, 0.15) is 12.2 Å². The number of nitriles is 1. The average Bonchev–Trinajstić information content (AvgIpc) is 3.60. The van der Waals surface area contributed by atoms with Crippen molar-refractivity contribution >= 4 is 28.4 Å². The van der Waals surface area contributed by atoms with Crippen LogP contribution in [0.4, 0.5) is 11.6 Å². The molecule has 3 fully saturated rings. The van der Waals surface area contributed by atoms with Crippen LogP contribution in [0, 0.1) is 17.2 Å². The quantitative estimate of drug-likeness (QED) is 0.469. The SMILES string of the molecule is N#CCC(=O)N1CCN(c2cccc3c2ccn3-c2ccnc(NC3CCC(CN4CC[C@@H](O)C4)CC3)n2)CC1. The molecular weight excluding hydrogens is 504 g/mol. The van der Waals surface area contributed by atoms with Gasteiger partial charge in [-0.3, -0.25) is 4.79 Å². The minimum atomic E-state index is -0.144. The largest absolute Gasteiger partial charge is 0.392 e. The summed E-state index contributed by atoms with van der Waals surface area (Å²) in [5.41, 5.74) is 2.23. The lowest BCUT2D eigenvalue weighted by atomic mass is 9.86. The fourth-order valence-corrected chi connectivity index (χ4v) is 6.57. The highest BCUT2D eigenvalue weighted by Gasteiger charge is 2.27. The third kappa shape index (κ3) is 5.76. The molecule has 3 aromatic rings. The Kier molecular flexibility index (Phi) is 7.84. The minimum Gasteiger partial charge on any atom is -0.392 e. The van der Waals surface area contributed by atoms with Crippen LogP contribution in [0.1, 0.15) is 38.5 Å². The summed E-state index contributed by atoms with van der Waals surface area (Å²) in [5, 5.41) is 23.4. The molecule has 1 aromatic carbocycles. The van der Waals surface area contributed by atoms with E-state index in [9.17, 15) is 9.90 Å². The van der Waals surface area contributed by atoms with Gasteiger partial charge in [0.15, 0.2) is 0 Å². The maximum atomic E-state index is 12.1. The Morgan fingerprint density at radius 1 is 1.05 bits per heavy atom. The zero-order chi connectivity index (χ0) is 27.5. The summed E-state index contributed by atoms with van der Waals surface area (Å²) in [5.74, 6) is 2.12. The number of nitrogens with one attached hydrogen (secondary N) is 1. The second-order valence-corrected chi connectivity index (χ2v) is 11.4. The molecule has 0 unspecified atom stereocenters. The number of aliphatic hydroxyl groups excluding tert-OH is 1. The lowest BCUT2D eigenvalue weighted by Gasteiger charge is -2.36. The number of β-amino-alcohol motifs (C(OH)–C–C–N with tert-alkyl or cyclic N) is 1. The van der Waals surface area contributed by atoms with E-state index in [1.54, 1.807) is 4.90 Å². The molecule has 6 rings (SSSR count). The van der Waals surface area contributed by atoms with Crippen molar-refractivity contribution in [1.82, 2.24) is 24.3 Å². The van der Waals surface area contributed by atoms with Gasteiger partial charge in [-0.05, 0) is 62.3 Å². The molecule has 210 valence electrons. The van der Waals surface area contributed by atoms with E-state index in [0.29, 0.717) is 31.0 Å². The number of hydrogen-bond donors (Lipinski definition) is 2. The average molecular weight is 543 g/mol. The number of rotatable bonds is 7. The molecule has 40 heavy (non-hydrogen) atoms. The third-order valence-electron chi connectivity index (χ3n) is 8.74. The zero-order valence-corrected chi connectivity index (χ0v) is 23.0. The van der Waals surface area contributed by atoms with Gasteiger partial charge in [-0.1, -0.05) is 6.07 Å². The summed E-state index contributed by atoms with van der Waals surface area (Å²) in [6, 6.07) is 12.7. The number of anilines is 2. The summed E-state index contributed by atoms with van der Waals surface area (Å²) >= 11 is 0. The third-order valence-corrected chi connectivity index (χ3v) is 8.74. The molecule has 1 saturated carbocycles. The van der Waals surface area contributed by atoms with Gasteiger partial charge in [0.25, 0.3) is 0 Å². The number of carbonyl (C=O) groups excluding carboxylic acids is 1. The molecule has 3 aliphatic rings. The molecule has 10 nitrogen and oxygen atoms in total. The number of likely N-dealkylation sites (tertiary alicyclic amines) is 1. The highest BCUT2D eigenvalue weighted by atomic mass is 16.3. The molecule has 2 N–H and O–H groups in total. The zero-order valence-electron chi connectivity index (χ0n) is 23.0. The topological polar surface area (TPSA) is 114 Å². The van der Waals surface area contributed by atoms with E-state index < -0.39 is 0 Å². The lowest BCUT2D eigenvalue weighted by molar-refractivity contribution is -0.130. The maximum absolute atomic E-state index is 12.1. The molecule has 0 radical (unpaired) electrons. The molecule has 2 saturated heterocycles. The Balaban J connectivity index is 1.10. The van der Waals surface area contributed by atoms with E-state index in [4.69, 9.17) is 10.2 Å². The molecule has 2 aliphatic heterocycles. The van der Waals surface area contributed by atoms with E-state index in [-0.39, 0.29) is 18.4 Å². The molecule has 0 bridgehead atoms.